The number of sulfonamides is 1. The van der Waals surface area contributed by atoms with Crippen molar-refractivity contribution in [1.29, 1.82) is 0 Å². The summed E-state index contributed by atoms with van der Waals surface area (Å²) < 4.78 is 27.4. The molecular formula is C20H28ClN5O2S. The summed E-state index contributed by atoms with van der Waals surface area (Å²) in [6.07, 6.45) is 6.98. The predicted molar refractivity (Wildman–Crippen MR) is 120 cm³/mol. The summed E-state index contributed by atoms with van der Waals surface area (Å²) in [5, 5.41) is 6.88. The molecule has 0 bridgehead atoms. The van der Waals surface area contributed by atoms with Crippen LogP contribution < -0.4 is 10.6 Å². The molecule has 1 aliphatic rings. The standard InChI is InChI=1S/C20H28ClN5O2S/c1-4-12-23-14-17(5-2)24-20(22-3)25-18-7-6-13-26(15-18)29(27,28)19-10-8-16(21)9-11-19/h4-5,8-12,18,23H,2,6-7,13-15H2,1,3H3,(H,22,25)/b12-4-,24-17+. The van der Waals surface area contributed by atoms with E-state index in [4.69, 9.17) is 11.6 Å². The molecule has 1 atom stereocenters. The molecule has 0 aliphatic carbocycles. The van der Waals surface area contributed by atoms with Crippen LogP contribution in [-0.2, 0) is 10.0 Å². The van der Waals surface area contributed by atoms with E-state index in [1.807, 2.05) is 19.2 Å². The first-order chi connectivity index (χ1) is 13.9. The van der Waals surface area contributed by atoms with Gasteiger partial charge in [-0.3, -0.25) is 4.99 Å². The summed E-state index contributed by atoms with van der Waals surface area (Å²) in [6, 6.07) is 6.16. The Morgan fingerprint density at radius 1 is 1.38 bits per heavy atom. The highest BCUT2D eigenvalue weighted by atomic mass is 35.5. The fourth-order valence-electron chi connectivity index (χ4n) is 2.94. The fraction of sp³-hybridized carbons (Fsp3) is 0.400. The third kappa shape index (κ3) is 6.69. The van der Waals surface area contributed by atoms with Crippen LogP contribution in [0.15, 0.2) is 64.1 Å². The van der Waals surface area contributed by atoms with E-state index >= 15 is 0 Å². The Morgan fingerprint density at radius 2 is 2.10 bits per heavy atom. The topological polar surface area (TPSA) is 86.2 Å². The summed E-state index contributed by atoms with van der Waals surface area (Å²) in [6.45, 7) is 7.06. The van der Waals surface area contributed by atoms with Gasteiger partial charge >= 0.3 is 0 Å². The van der Waals surface area contributed by atoms with Gasteiger partial charge in [-0.25, -0.2) is 13.4 Å². The number of nitrogens with one attached hydrogen (secondary N) is 2. The van der Waals surface area contributed by atoms with Crippen molar-refractivity contribution in [3.63, 3.8) is 0 Å². The Labute approximate surface area is 178 Å². The third-order valence-electron chi connectivity index (χ3n) is 4.43. The Hall–Kier alpha value is -2.16. The highest BCUT2D eigenvalue weighted by Gasteiger charge is 2.30. The normalized spacial score (nSPS) is 19.3. The number of halogens is 1. The van der Waals surface area contributed by atoms with E-state index < -0.39 is 10.0 Å². The summed E-state index contributed by atoms with van der Waals surface area (Å²) in [7, 11) is -1.92. The molecule has 7 nitrogen and oxygen atoms in total. The minimum absolute atomic E-state index is 0.0807. The zero-order valence-electron chi connectivity index (χ0n) is 16.8. The summed E-state index contributed by atoms with van der Waals surface area (Å²) in [5.74, 6) is 0.456. The van der Waals surface area contributed by atoms with Crippen LogP contribution in [0.25, 0.3) is 0 Å². The van der Waals surface area contributed by atoms with E-state index in [0.29, 0.717) is 30.6 Å². The molecule has 1 heterocycles. The van der Waals surface area contributed by atoms with Gasteiger partial charge in [0.05, 0.1) is 17.2 Å². The maximum Gasteiger partial charge on any atom is 0.243 e. The number of hydrogen-bond donors (Lipinski definition) is 2. The van der Waals surface area contributed by atoms with Crippen LogP contribution in [0.2, 0.25) is 5.02 Å². The van der Waals surface area contributed by atoms with Crippen LogP contribution in [0.4, 0.5) is 0 Å². The Morgan fingerprint density at radius 3 is 2.72 bits per heavy atom. The van der Waals surface area contributed by atoms with Gasteiger partial charge in [-0.05, 0) is 56.3 Å². The zero-order chi connectivity index (χ0) is 21.3. The highest BCUT2D eigenvalue weighted by molar-refractivity contribution is 7.89. The highest BCUT2D eigenvalue weighted by Crippen LogP contribution is 2.22. The molecule has 29 heavy (non-hydrogen) atoms. The van der Waals surface area contributed by atoms with Gasteiger partial charge in [0, 0.05) is 31.2 Å². The largest absolute Gasteiger partial charge is 0.385 e. The van der Waals surface area contributed by atoms with Crippen molar-refractivity contribution in [2.45, 2.75) is 30.7 Å². The van der Waals surface area contributed by atoms with Crippen LogP contribution in [-0.4, -0.2) is 57.1 Å². The first-order valence-electron chi connectivity index (χ1n) is 9.44. The molecule has 0 radical (unpaired) electrons. The van der Waals surface area contributed by atoms with Gasteiger partial charge in [0.1, 0.15) is 0 Å². The summed E-state index contributed by atoms with van der Waals surface area (Å²) in [4.78, 5) is 8.93. The molecule has 0 saturated carbocycles. The zero-order valence-corrected chi connectivity index (χ0v) is 18.4. The molecule has 1 fully saturated rings. The Kier molecular flexibility index (Phi) is 8.88. The van der Waals surface area contributed by atoms with Crippen LogP contribution in [0.3, 0.4) is 0 Å². The van der Waals surface area contributed by atoms with Gasteiger partial charge in [-0.1, -0.05) is 24.3 Å². The number of benzene rings is 1. The van der Waals surface area contributed by atoms with Crippen LogP contribution in [0.1, 0.15) is 19.8 Å². The van der Waals surface area contributed by atoms with Crippen molar-refractivity contribution >= 4 is 33.3 Å². The van der Waals surface area contributed by atoms with Crippen LogP contribution in [0.5, 0.6) is 0 Å². The quantitative estimate of drug-likeness (QED) is 0.507. The van der Waals surface area contributed by atoms with Crippen molar-refractivity contribution < 1.29 is 8.42 Å². The third-order valence-corrected chi connectivity index (χ3v) is 6.56. The van der Waals surface area contributed by atoms with Gasteiger partial charge in [-0.15, -0.1) is 0 Å². The molecule has 1 aromatic carbocycles. The second-order valence-corrected chi connectivity index (χ2v) is 8.91. The lowest BCUT2D eigenvalue weighted by molar-refractivity contribution is 0.302. The lowest BCUT2D eigenvalue weighted by Crippen LogP contribution is -2.49. The van der Waals surface area contributed by atoms with Crippen molar-refractivity contribution in [3.8, 4) is 0 Å². The van der Waals surface area contributed by atoms with E-state index in [2.05, 4.69) is 27.2 Å². The first-order valence-corrected chi connectivity index (χ1v) is 11.3. The van der Waals surface area contributed by atoms with E-state index in [1.54, 1.807) is 25.3 Å². The molecule has 1 aliphatic heterocycles. The number of nitrogens with zero attached hydrogens (tertiary/aromatic N) is 3. The minimum Gasteiger partial charge on any atom is -0.385 e. The average Bonchev–Trinajstić information content (AvgIpc) is 2.73. The maximum atomic E-state index is 12.9. The van der Waals surface area contributed by atoms with Gasteiger partial charge < -0.3 is 10.6 Å². The van der Waals surface area contributed by atoms with Crippen molar-refractivity contribution in [2.75, 3.05) is 26.7 Å². The SMILES string of the molecule is C=C/C(CN/C=C\C)=N\C(=NC)NC1CCCN(S(=O)(=O)c2ccc(Cl)cc2)C1. The molecule has 9 heteroatoms. The second-order valence-electron chi connectivity index (χ2n) is 6.54. The lowest BCUT2D eigenvalue weighted by Gasteiger charge is -2.32. The van der Waals surface area contributed by atoms with E-state index in [9.17, 15) is 8.42 Å². The fourth-order valence-corrected chi connectivity index (χ4v) is 4.59. The molecule has 0 aromatic heterocycles. The first kappa shape index (κ1) is 23.1. The molecular weight excluding hydrogens is 410 g/mol. The number of rotatable bonds is 7. The van der Waals surface area contributed by atoms with Gasteiger partial charge in [0.15, 0.2) is 0 Å². The lowest BCUT2D eigenvalue weighted by atomic mass is 10.1. The van der Waals surface area contributed by atoms with E-state index in [-0.39, 0.29) is 10.9 Å². The minimum atomic E-state index is -3.57. The van der Waals surface area contributed by atoms with Gasteiger partial charge in [-0.2, -0.15) is 4.31 Å². The number of guanidine groups is 1. The number of hydrogen-bond acceptors (Lipinski definition) is 4. The average molecular weight is 438 g/mol. The molecule has 1 unspecified atom stereocenters. The summed E-state index contributed by atoms with van der Waals surface area (Å²) >= 11 is 5.88. The predicted octanol–water partition coefficient (Wildman–Crippen LogP) is 2.82. The molecule has 1 aromatic rings. The molecule has 1 saturated heterocycles. The Bertz CT molecular complexity index is 879. The number of aliphatic imine (C=N–C) groups is 2. The molecule has 0 amide bonds. The van der Waals surface area contributed by atoms with Crippen LogP contribution in [0, 0.1) is 0 Å². The van der Waals surface area contributed by atoms with Crippen molar-refractivity contribution in [1.82, 2.24) is 14.9 Å². The van der Waals surface area contributed by atoms with Crippen molar-refractivity contribution in [2.24, 2.45) is 9.98 Å². The monoisotopic (exact) mass is 437 g/mol. The Balaban J connectivity index is 2.07. The van der Waals surface area contributed by atoms with E-state index in [0.717, 1.165) is 18.6 Å². The molecule has 0 spiro atoms. The van der Waals surface area contributed by atoms with E-state index in [1.165, 1.54) is 16.4 Å². The van der Waals surface area contributed by atoms with Gasteiger partial charge in [0.25, 0.3) is 0 Å². The molecule has 158 valence electrons. The summed E-state index contributed by atoms with van der Waals surface area (Å²) in [5.41, 5.74) is 0.734. The van der Waals surface area contributed by atoms with Gasteiger partial charge in [0.2, 0.25) is 16.0 Å². The van der Waals surface area contributed by atoms with Crippen molar-refractivity contribution in [3.05, 3.63) is 54.2 Å². The number of allylic oxidation sites excluding steroid dienone is 1. The maximum absolute atomic E-state index is 12.9. The smallest absolute Gasteiger partial charge is 0.243 e. The molecule has 2 rings (SSSR count). The molecule has 2 N–H and O–H groups in total. The van der Waals surface area contributed by atoms with Crippen LogP contribution >= 0.6 is 11.6 Å². The number of piperidine rings is 1. The second kappa shape index (κ2) is 11.1.